The number of hydrogen-bond acceptors (Lipinski definition) is 2. The molecule has 5 heteroatoms. The summed E-state index contributed by atoms with van der Waals surface area (Å²) < 4.78 is 12.9. The van der Waals surface area contributed by atoms with Crippen LogP contribution in [0.2, 0.25) is 0 Å². The lowest BCUT2D eigenvalue weighted by Gasteiger charge is -2.18. The van der Waals surface area contributed by atoms with Gasteiger partial charge in [0.25, 0.3) is 0 Å². The molecule has 0 aliphatic heterocycles. The zero-order valence-corrected chi connectivity index (χ0v) is 10.2. The molecular weight excluding hydrogens is 249 g/mol. The van der Waals surface area contributed by atoms with Crippen molar-refractivity contribution in [2.75, 3.05) is 0 Å². The number of benzene rings is 1. The first kappa shape index (κ1) is 12.1. The van der Waals surface area contributed by atoms with E-state index in [0.29, 0.717) is 6.42 Å². The second kappa shape index (κ2) is 4.05. The quantitative estimate of drug-likeness (QED) is 0.868. The Morgan fingerprint density at radius 3 is 2.32 bits per heavy atom. The molecule has 4 nitrogen and oxygen atoms in total. The Hall–Kier alpha value is -1.91. The summed E-state index contributed by atoms with van der Waals surface area (Å²) in [6.45, 7) is 0. The van der Waals surface area contributed by atoms with Crippen molar-refractivity contribution in [3.8, 4) is 0 Å². The molecule has 2 aliphatic rings. The molecule has 0 saturated heterocycles. The number of carbonyl (C=O) groups is 2. The van der Waals surface area contributed by atoms with Crippen LogP contribution in [0.25, 0.3) is 0 Å². The lowest BCUT2D eigenvalue weighted by atomic mass is 10.0. The van der Waals surface area contributed by atoms with Gasteiger partial charge in [-0.15, -0.1) is 0 Å². The summed E-state index contributed by atoms with van der Waals surface area (Å²) in [6.07, 6.45) is 2.05. The number of carboxylic acids is 1. The molecule has 2 fully saturated rings. The van der Waals surface area contributed by atoms with Gasteiger partial charge in [-0.25, -0.2) is 4.39 Å². The maximum absolute atomic E-state index is 12.9. The van der Waals surface area contributed by atoms with Crippen LogP contribution in [0, 0.1) is 17.7 Å². The van der Waals surface area contributed by atoms with E-state index in [-0.39, 0.29) is 11.7 Å². The maximum Gasteiger partial charge on any atom is 0.307 e. The third-order valence-corrected chi connectivity index (χ3v) is 3.95. The van der Waals surface area contributed by atoms with E-state index in [9.17, 15) is 14.0 Å². The summed E-state index contributed by atoms with van der Waals surface area (Å²) in [4.78, 5) is 22.7. The number of amides is 1. The van der Waals surface area contributed by atoms with Crippen LogP contribution >= 0.6 is 0 Å². The van der Waals surface area contributed by atoms with Gasteiger partial charge in [-0.3, -0.25) is 9.59 Å². The minimum absolute atomic E-state index is 0.200. The molecule has 0 aromatic heterocycles. The molecule has 2 atom stereocenters. The fraction of sp³-hybridized carbons (Fsp3) is 0.429. The molecule has 2 unspecified atom stereocenters. The van der Waals surface area contributed by atoms with Gasteiger partial charge in [0.15, 0.2) is 0 Å². The van der Waals surface area contributed by atoms with Crippen molar-refractivity contribution >= 4 is 11.9 Å². The number of halogens is 1. The summed E-state index contributed by atoms with van der Waals surface area (Å²) >= 11 is 0. The maximum atomic E-state index is 12.9. The van der Waals surface area contributed by atoms with Crippen LogP contribution in [-0.4, -0.2) is 17.0 Å². The van der Waals surface area contributed by atoms with Gasteiger partial charge < -0.3 is 10.4 Å². The van der Waals surface area contributed by atoms with Crippen molar-refractivity contribution < 1.29 is 19.1 Å². The van der Waals surface area contributed by atoms with Crippen LogP contribution in [0.3, 0.4) is 0 Å². The third kappa shape index (κ3) is 2.20. The Kier molecular flexibility index (Phi) is 2.59. The summed E-state index contributed by atoms with van der Waals surface area (Å²) in [6, 6.07) is 6.09. The summed E-state index contributed by atoms with van der Waals surface area (Å²) in [7, 11) is 0. The monoisotopic (exact) mass is 263 g/mol. The van der Waals surface area contributed by atoms with Crippen molar-refractivity contribution in [2.24, 2.45) is 11.8 Å². The van der Waals surface area contributed by atoms with Crippen molar-refractivity contribution in [3.63, 3.8) is 0 Å². The van der Waals surface area contributed by atoms with Gasteiger partial charge >= 0.3 is 5.97 Å². The molecule has 2 aliphatic carbocycles. The second-order valence-electron chi connectivity index (χ2n) is 5.37. The van der Waals surface area contributed by atoms with E-state index >= 15 is 0 Å². The molecule has 2 N–H and O–H groups in total. The largest absolute Gasteiger partial charge is 0.481 e. The number of carbonyl (C=O) groups excluding carboxylic acids is 1. The van der Waals surface area contributed by atoms with Crippen LogP contribution in [0.5, 0.6) is 0 Å². The first-order chi connectivity index (χ1) is 9.02. The van der Waals surface area contributed by atoms with E-state index in [1.54, 1.807) is 12.1 Å². The molecule has 3 rings (SSSR count). The minimum atomic E-state index is -0.910. The highest BCUT2D eigenvalue weighted by Crippen LogP contribution is 2.47. The molecular formula is C14H14FNO3. The first-order valence-electron chi connectivity index (χ1n) is 6.33. The lowest BCUT2D eigenvalue weighted by Crippen LogP contribution is -2.36. The van der Waals surface area contributed by atoms with Crippen LogP contribution in [0.15, 0.2) is 24.3 Å². The van der Waals surface area contributed by atoms with Crippen LogP contribution in [-0.2, 0) is 15.1 Å². The van der Waals surface area contributed by atoms with Crippen LogP contribution < -0.4 is 5.32 Å². The Balaban J connectivity index is 1.68. The highest BCUT2D eigenvalue weighted by Gasteiger charge is 2.53. The van der Waals surface area contributed by atoms with Crippen LogP contribution in [0.1, 0.15) is 24.8 Å². The SMILES string of the molecule is O=C(O)C1CC1C(=O)NC1(c2ccc(F)cc2)CC1. The van der Waals surface area contributed by atoms with Gasteiger partial charge in [-0.2, -0.15) is 0 Å². The van der Waals surface area contributed by atoms with Gasteiger partial charge in [0.05, 0.1) is 17.4 Å². The normalized spacial score (nSPS) is 26.6. The molecule has 0 bridgehead atoms. The third-order valence-electron chi connectivity index (χ3n) is 3.95. The lowest BCUT2D eigenvalue weighted by molar-refractivity contribution is -0.140. The van der Waals surface area contributed by atoms with E-state index in [2.05, 4.69) is 5.32 Å². The van der Waals surface area contributed by atoms with E-state index < -0.39 is 23.3 Å². The summed E-state index contributed by atoms with van der Waals surface area (Å²) in [5, 5.41) is 11.7. The standard InChI is InChI=1S/C14H14FNO3/c15-9-3-1-8(2-4-9)14(5-6-14)16-12(17)10-7-11(10)13(18)19/h1-4,10-11H,5-7H2,(H,16,17)(H,18,19). The van der Waals surface area contributed by atoms with Gasteiger partial charge in [-0.1, -0.05) is 12.1 Å². The van der Waals surface area contributed by atoms with Gasteiger partial charge in [0.2, 0.25) is 5.91 Å². The summed E-state index contributed by atoms with van der Waals surface area (Å²) in [5.74, 6) is -2.36. The van der Waals surface area contributed by atoms with Crippen molar-refractivity contribution in [1.29, 1.82) is 0 Å². The van der Waals surface area contributed by atoms with Gasteiger partial charge in [0, 0.05) is 0 Å². The number of nitrogens with one attached hydrogen (secondary N) is 1. The Labute approximate surface area is 109 Å². The predicted octanol–water partition coefficient (Wildman–Crippen LogP) is 1.65. The Morgan fingerprint density at radius 1 is 1.21 bits per heavy atom. The Bertz CT molecular complexity index is 536. The van der Waals surface area contributed by atoms with Crippen molar-refractivity contribution in [3.05, 3.63) is 35.6 Å². The summed E-state index contributed by atoms with van der Waals surface area (Å²) in [5.41, 5.74) is 0.478. The zero-order valence-electron chi connectivity index (χ0n) is 10.2. The van der Waals surface area contributed by atoms with Crippen molar-refractivity contribution in [2.45, 2.75) is 24.8 Å². The molecule has 19 heavy (non-hydrogen) atoms. The molecule has 1 aromatic carbocycles. The highest BCUT2D eigenvalue weighted by molar-refractivity contribution is 5.90. The average Bonchev–Trinajstić information content (AvgIpc) is 3.24. The van der Waals surface area contributed by atoms with E-state index in [0.717, 1.165) is 18.4 Å². The molecule has 1 amide bonds. The fourth-order valence-corrected chi connectivity index (χ4v) is 2.47. The van der Waals surface area contributed by atoms with Gasteiger partial charge in [0.1, 0.15) is 5.82 Å². The van der Waals surface area contributed by atoms with Crippen LogP contribution in [0.4, 0.5) is 4.39 Å². The minimum Gasteiger partial charge on any atom is -0.481 e. The molecule has 2 saturated carbocycles. The molecule has 0 spiro atoms. The highest BCUT2D eigenvalue weighted by atomic mass is 19.1. The predicted molar refractivity (Wildman–Crippen MR) is 64.7 cm³/mol. The number of carboxylic acid groups (broad SMARTS) is 1. The van der Waals surface area contributed by atoms with Crippen molar-refractivity contribution in [1.82, 2.24) is 5.32 Å². The fourth-order valence-electron chi connectivity index (χ4n) is 2.47. The van der Waals surface area contributed by atoms with E-state index in [1.807, 2.05) is 0 Å². The zero-order chi connectivity index (χ0) is 13.6. The molecule has 0 radical (unpaired) electrons. The smallest absolute Gasteiger partial charge is 0.307 e. The van der Waals surface area contributed by atoms with Gasteiger partial charge in [-0.05, 0) is 37.0 Å². The molecule has 0 heterocycles. The number of hydrogen-bond donors (Lipinski definition) is 2. The molecule has 100 valence electrons. The number of rotatable bonds is 4. The molecule has 1 aromatic rings. The van der Waals surface area contributed by atoms with E-state index in [4.69, 9.17) is 5.11 Å². The Morgan fingerprint density at radius 2 is 1.84 bits per heavy atom. The van der Waals surface area contributed by atoms with E-state index in [1.165, 1.54) is 12.1 Å². The average molecular weight is 263 g/mol. The number of aliphatic carboxylic acids is 1. The topological polar surface area (TPSA) is 66.4 Å². The first-order valence-corrected chi connectivity index (χ1v) is 6.33. The second-order valence-corrected chi connectivity index (χ2v) is 5.37.